The van der Waals surface area contributed by atoms with Crippen LogP contribution in [0, 0.1) is 0 Å². The molecule has 0 atom stereocenters. The van der Waals surface area contributed by atoms with E-state index < -0.39 is 0 Å². The van der Waals surface area contributed by atoms with Crippen LogP contribution in [0.5, 0.6) is 0 Å². The average molecular weight is 403 g/mol. The summed E-state index contributed by atoms with van der Waals surface area (Å²) >= 11 is 0. The van der Waals surface area contributed by atoms with Gasteiger partial charge in [0.05, 0.1) is 5.41 Å². The highest BCUT2D eigenvalue weighted by Crippen LogP contribution is 2.50. The summed E-state index contributed by atoms with van der Waals surface area (Å²) in [6, 6.07) is 31.4. The Bertz CT molecular complexity index is 1230. The van der Waals surface area contributed by atoms with Gasteiger partial charge in [-0.25, -0.2) is 0 Å². The highest BCUT2D eigenvalue weighted by molar-refractivity contribution is 5.76. The van der Waals surface area contributed by atoms with Crippen molar-refractivity contribution in [3.05, 3.63) is 130 Å². The van der Waals surface area contributed by atoms with Gasteiger partial charge in [-0.3, -0.25) is 0 Å². The van der Waals surface area contributed by atoms with Gasteiger partial charge in [-0.05, 0) is 66.7 Å². The molecule has 0 fully saturated rings. The summed E-state index contributed by atoms with van der Waals surface area (Å²) in [7, 11) is 0. The predicted octanol–water partition coefficient (Wildman–Crippen LogP) is 6.45. The van der Waals surface area contributed by atoms with Crippen LogP contribution in [0.1, 0.15) is 50.7 Å². The summed E-state index contributed by atoms with van der Waals surface area (Å²) < 4.78 is 0. The van der Waals surface area contributed by atoms with Gasteiger partial charge in [0.1, 0.15) is 0 Å². The Kier molecular flexibility index (Phi) is 5.24. The molecule has 0 nitrogen and oxygen atoms in total. The molecule has 0 spiro atoms. The van der Waals surface area contributed by atoms with Crippen LogP contribution in [0.15, 0.2) is 108 Å². The first kappa shape index (κ1) is 19.8. The van der Waals surface area contributed by atoms with Crippen LogP contribution in [0.2, 0.25) is 0 Å². The molecule has 0 saturated carbocycles. The number of rotatable bonds is 4. The molecular formula is C31H30. The number of fused-ring (bicyclic) bond motifs is 1. The van der Waals surface area contributed by atoms with Gasteiger partial charge >= 0.3 is 0 Å². The molecule has 0 bridgehead atoms. The minimum absolute atomic E-state index is 0.240. The fourth-order valence-electron chi connectivity index (χ4n) is 5.60. The zero-order valence-corrected chi connectivity index (χ0v) is 18.6. The van der Waals surface area contributed by atoms with Crippen molar-refractivity contribution in [1.82, 2.24) is 0 Å². The standard InChI is InChI=1S/C31H30/c1-23-17-20-27(21-18-23)31(25-11-5-3-6-12-25,26-13-7-4-8-14-26)30-22-19-24(2)28-15-9-10-16-29(28)30/h3-17,20H,18-19,21-22H2,1-2H3. The second-order valence-electron chi connectivity index (χ2n) is 8.99. The lowest BCUT2D eigenvalue weighted by Crippen LogP contribution is -2.42. The molecule has 0 amide bonds. The molecule has 0 aliphatic heterocycles. The number of benzene rings is 3. The molecule has 154 valence electrons. The molecule has 3 aromatic carbocycles. The van der Waals surface area contributed by atoms with Crippen molar-refractivity contribution >= 4 is 11.1 Å². The first-order valence-corrected chi connectivity index (χ1v) is 11.5. The van der Waals surface area contributed by atoms with Crippen molar-refractivity contribution in [3.63, 3.8) is 0 Å². The number of hydrogen-bond acceptors (Lipinski definition) is 0. The Morgan fingerprint density at radius 2 is 1.13 bits per heavy atom. The maximum Gasteiger partial charge on any atom is 0.0633 e. The quantitative estimate of drug-likeness (QED) is 0.470. The third kappa shape index (κ3) is 3.31. The van der Waals surface area contributed by atoms with Crippen LogP contribution < -0.4 is 10.4 Å². The molecule has 0 heterocycles. The molecule has 0 heteroatoms. The van der Waals surface area contributed by atoms with E-state index in [4.69, 9.17) is 0 Å². The third-order valence-electron chi connectivity index (χ3n) is 7.17. The lowest BCUT2D eigenvalue weighted by Gasteiger charge is -2.42. The Labute approximate surface area is 186 Å². The van der Waals surface area contributed by atoms with Crippen molar-refractivity contribution in [2.75, 3.05) is 0 Å². The van der Waals surface area contributed by atoms with Crippen LogP contribution in [-0.4, -0.2) is 0 Å². The average Bonchev–Trinajstić information content (AvgIpc) is 2.83. The van der Waals surface area contributed by atoms with Crippen molar-refractivity contribution in [2.45, 2.75) is 44.9 Å². The van der Waals surface area contributed by atoms with E-state index in [-0.39, 0.29) is 5.41 Å². The third-order valence-corrected chi connectivity index (χ3v) is 7.17. The van der Waals surface area contributed by atoms with Gasteiger partial charge in [0.15, 0.2) is 0 Å². The molecule has 0 aromatic heterocycles. The van der Waals surface area contributed by atoms with E-state index in [1.807, 2.05) is 0 Å². The normalized spacial score (nSPS) is 16.5. The van der Waals surface area contributed by atoms with Crippen molar-refractivity contribution in [3.8, 4) is 0 Å². The zero-order valence-electron chi connectivity index (χ0n) is 18.6. The molecule has 0 unspecified atom stereocenters. The van der Waals surface area contributed by atoms with Crippen LogP contribution in [0.4, 0.5) is 0 Å². The van der Waals surface area contributed by atoms with Gasteiger partial charge in [0, 0.05) is 0 Å². The minimum atomic E-state index is -0.240. The second kappa shape index (κ2) is 8.19. The van der Waals surface area contributed by atoms with Crippen molar-refractivity contribution < 1.29 is 0 Å². The van der Waals surface area contributed by atoms with Gasteiger partial charge in [0.2, 0.25) is 0 Å². The molecule has 0 radical (unpaired) electrons. The van der Waals surface area contributed by atoms with E-state index in [2.05, 4.69) is 111 Å². The van der Waals surface area contributed by atoms with E-state index in [0.717, 1.165) is 25.7 Å². The molecule has 31 heavy (non-hydrogen) atoms. The number of allylic oxidation sites excluding steroid dienone is 4. The molecule has 0 saturated heterocycles. The van der Waals surface area contributed by atoms with Crippen molar-refractivity contribution in [2.24, 2.45) is 0 Å². The van der Waals surface area contributed by atoms with Gasteiger partial charge in [-0.15, -0.1) is 0 Å². The molecule has 5 rings (SSSR count). The molecular weight excluding hydrogens is 372 g/mol. The Morgan fingerprint density at radius 1 is 0.548 bits per heavy atom. The summed E-state index contributed by atoms with van der Waals surface area (Å²) in [6.07, 6.45) is 9.20. The fourth-order valence-corrected chi connectivity index (χ4v) is 5.60. The highest BCUT2D eigenvalue weighted by atomic mass is 14.4. The van der Waals surface area contributed by atoms with Crippen LogP contribution >= 0.6 is 0 Å². The largest absolute Gasteiger partial charge is 0.0730 e. The summed E-state index contributed by atoms with van der Waals surface area (Å²) in [6.45, 7) is 4.55. The molecule has 2 aliphatic carbocycles. The van der Waals surface area contributed by atoms with Crippen LogP contribution in [0.25, 0.3) is 11.1 Å². The summed E-state index contributed by atoms with van der Waals surface area (Å²) in [5, 5.41) is 2.84. The van der Waals surface area contributed by atoms with Gasteiger partial charge in [-0.2, -0.15) is 0 Å². The topological polar surface area (TPSA) is 0 Å². The second-order valence-corrected chi connectivity index (χ2v) is 8.99. The van der Waals surface area contributed by atoms with E-state index in [1.165, 1.54) is 38.3 Å². The predicted molar refractivity (Wildman–Crippen MR) is 132 cm³/mol. The summed E-state index contributed by atoms with van der Waals surface area (Å²) in [5.74, 6) is 0. The SMILES string of the molecule is CC1=CC=C(C(C2=c3ccccc3=C(C)CC2)(c2ccccc2)c2ccccc2)CC1. The fraction of sp³-hybridized carbons (Fsp3) is 0.226. The van der Waals surface area contributed by atoms with Gasteiger partial charge in [0.25, 0.3) is 0 Å². The van der Waals surface area contributed by atoms with Crippen LogP contribution in [0.3, 0.4) is 0 Å². The first-order chi connectivity index (χ1) is 15.2. The maximum atomic E-state index is 2.42. The lowest BCUT2D eigenvalue weighted by molar-refractivity contribution is 0.680. The molecule has 3 aromatic rings. The maximum absolute atomic E-state index is 2.42. The summed E-state index contributed by atoms with van der Waals surface area (Å²) in [5.41, 5.74) is 8.55. The van der Waals surface area contributed by atoms with Crippen molar-refractivity contribution in [1.29, 1.82) is 0 Å². The van der Waals surface area contributed by atoms with E-state index in [9.17, 15) is 0 Å². The molecule has 2 aliphatic rings. The first-order valence-electron chi connectivity index (χ1n) is 11.5. The van der Waals surface area contributed by atoms with Gasteiger partial charge in [-0.1, -0.05) is 114 Å². The smallest absolute Gasteiger partial charge is 0.0633 e. The Balaban J connectivity index is 1.98. The zero-order chi connectivity index (χ0) is 21.3. The number of hydrogen-bond donors (Lipinski definition) is 0. The Morgan fingerprint density at radius 3 is 1.71 bits per heavy atom. The van der Waals surface area contributed by atoms with E-state index >= 15 is 0 Å². The van der Waals surface area contributed by atoms with Crippen LogP contribution in [-0.2, 0) is 5.41 Å². The van der Waals surface area contributed by atoms with E-state index in [1.54, 1.807) is 5.57 Å². The minimum Gasteiger partial charge on any atom is -0.0730 e. The van der Waals surface area contributed by atoms with Gasteiger partial charge < -0.3 is 0 Å². The molecule has 0 N–H and O–H groups in total. The summed E-state index contributed by atoms with van der Waals surface area (Å²) in [4.78, 5) is 0. The lowest BCUT2D eigenvalue weighted by atomic mass is 9.60. The van der Waals surface area contributed by atoms with E-state index in [0.29, 0.717) is 0 Å². The Hall–Kier alpha value is -3.12. The highest BCUT2D eigenvalue weighted by Gasteiger charge is 2.42. The monoisotopic (exact) mass is 402 g/mol.